The van der Waals surface area contributed by atoms with Gasteiger partial charge in [-0.3, -0.25) is 9.55 Å². The number of hydrogen-bond acceptors (Lipinski definition) is 3. The normalized spacial score (nSPS) is 15.2. The fraction of sp³-hybridized carbons (Fsp3) is 0.250. The Kier molecular flexibility index (Phi) is 7.51. The van der Waals surface area contributed by atoms with Gasteiger partial charge in [-0.05, 0) is 123 Å². The predicted octanol–water partition coefficient (Wildman–Crippen LogP) is 15.0. The zero-order chi connectivity index (χ0) is 51.2. The smallest absolute Gasteiger partial charge is 0.149 e. The molecular formula is C56H57N3O. The van der Waals surface area contributed by atoms with Gasteiger partial charge in [0.05, 0.1) is 27.8 Å². The molecular weight excluding hydrogens is 731 g/mol. The van der Waals surface area contributed by atoms with Gasteiger partial charge < -0.3 is 5.11 Å². The molecule has 4 heteroatoms. The van der Waals surface area contributed by atoms with Crippen molar-refractivity contribution in [3.63, 3.8) is 0 Å². The van der Waals surface area contributed by atoms with Gasteiger partial charge in [0.25, 0.3) is 0 Å². The first-order valence-electron chi connectivity index (χ1n) is 25.3. The Labute approximate surface area is 370 Å². The molecule has 8 aromatic rings. The van der Waals surface area contributed by atoms with Crippen LogP contribution in [-0.4, -0.2) is 19.6 Å². The second-order valence-corrected chi connectivity index (χ2v) is 18.7. The van der Waals surface area contributed by atoms with Crippen LogP contribution in [-0.2, 0) is 16.2 Å². The third-order valence-electron chi connectivity index (χ3n) is 11.1. The number of fused-ring (bicyclic) bond motifs is 1. The highest BCUT2D eigenvalue weighted by atomic mass is 16.3. The molecule has 60 heavy (non-hydrogen) atoms. The molecule has 6 aromatic carbocycles. The van der Waals surface area contributed by atoms with Crippen molar-refractivity contribution < 1.29 is 18.8 Å². The van der Waals surface area contributed by atoms with Gasteiger partial charge in [-0.15, -0.1) is 0 Å². The number of benzene rings is 6. The molecule has 0 atom stereocenters. The van der Waals surface area contributed by atoms with Crippen LogP contribution in [0.1, 0.15) is 104 Å². The number of aromatic hydroxyl groups is 1. The molecule has 0 unspecified atom stereocenters. The molecule has 0 aliphatic heterocycles. The molecule has 2 aromatic heterocycles. The molecule has 0 bridgehead atoms. The lowest BCUT2D eigenvalue weighted by Gasteiger charge is -2.27. The van der Waals surface area contributed by atoms with Crippen LogP contribution in [0.15, 0.2) is 140 Å². The fourth-order valence-corrected chi connectivity index (χ4v) is 7.69. The van der Waals surface area contributed by atoms with E-state index in [1.807, 2.05) is 77.4 Å². The molecule has 0 amide bonds. The summed E-state index contributed by atoms with van der Waals surface area (Å²) in [5, 5.41) is 12.5. The summed E-state index contributed by atoms with van der Waals surface area (Å²) in [6.07, 6.45) is 1.54. The maximum atomic E-state index is 12.5. The van der Waals surface area contributed by atoms with Gasteiger partial charge in [-0.1, -0.05) is 153 Å². The lowest BCUT2D eigenvalue weighted by atomic mass is 9.79. The van der Waals surface area contributed by atoms with Crippen LogP contribution in [0.25, 0.3) is 72.7 Å². The summed E-state index contributed by atoms with van der Waals surface area (Å²) in [6, 6.07) is 32.1. The van der Waals surface area contributed by atoms with E-state index in [1.54, 1.807) is 24.3 Å². The van der Waals surface area contributed by atoms with Gasteiger partial charge in [-0.25, -0.2) is 4.98 Å². The highest BCUT2D eigenvalue weighted by Crippen LogP contribution is 2.45. The van der Waals surface area contributed by atoms with E-state index in [-0.39, 0.29) is 27.7 Å². The molecule has 302 valence electrons. The summed E-state index contributed by atoms with van der Waals surface area (Å²) in [4.78, 5) is 10.2. The lowest BCUT2D eigenvalue weighted by Crippen LogP contribution is -2.17. The highest BCUT2D eigenvalue weighted by molar-refractivity contribution is 5.97. The molecule has 0 saturated carbocycles. The average molecular weight is 798 g/mol. The number of phenolic OH excluding ortho intramolecular Hbond substituents is 1. The second-order valence-electron chi connectivity index (χ2n) is 18.7. The van der Waals surface area contributed by atoms with Crippen molar-refractivity contribution in [3.8, 4) is 67.5 Å². The highest BCUT2D eigenvalue weighted by Gasteiger charge is 2.29. The number of pyridine rings is 1. The number of hydrogen-bond donors (Lipinski definition) is 1. The van der Waals surface area contributed by atoms with Gasteiger partial charge in [0.15, 0.2) is 0 Å². The van der Waals surface area contributed by atoms with Crippen LogP contribution >= 0.6 is 0 Å². The fourth-order valence-electron chi connectivity index (χ4n) is 7.69. The van der Waals surface area contributed by atoms with E-state index in [1.165, 1.54) is 6.20 Å². The molecule has 0 fully saturated rings. The zero-order valence-corrected chi connectivity index (χ0v) is 35.8. The van der Waals surface area contributed by atoms with Gasteiger partial charge in [-0.2, -0.15) is 0 Å². The Morgan fingerprint density at radius 3 is 1.93 bits per heavy atom. The summed E-state index contributed by atoms with van der Waals surface area (Å²) in [5.41, 5.74) is 7.90. The van der Waals surface area contributed by atoms with E-state index in [0.29, 0.717) is 50.5 Å². The summed E-state index contributed by atoms with van der Waals surface area (Å²) in [6.45, 7) is 13.6. The van der Waals surface area contributed by atoms with E-state index in [4.69, 9.17) is 23.7 Å². The van der Waals surface area contributed by atoms with Crippen molar-refractivity contribution in [3.05, 3.63) is 167 Å². The summed E-state index contributed by atoms with van der Waals surface area (Å²) in [5.74, 6) is 0.496. The van der Waals surface area contributed by atoms with Crippen LogP contribution in [0.3, 0.4) is 0 Å². The van der Waals surface area contributed by atoms with Crippen molar-refractivity contribution >= 4 is 11.0 Å². The number of imidazole rings is 1. The number of nitrogens with zero attached hydrogens (tertiary/aromatic N) is 3. The number of para-hydroxylation sites is 1. The van der Waals surface area contributed by atoms with E-state index in [9.17, 15) is 5.11 Å². The number of phenols is 1. The third-order valence-corrected chi connectivity index (χ3v) is 11.1. The van der Waals surface area contributed by atoms with Gasteiger partial charge >= 0.3 is 0 Å². The minimum Gasteiger partial charge on any atom is -0.507 e. The Hall–Kier alpha value is -6.26. The number of aryl methyl sites for hydroxylation is 1. The van der Waals surface area contributed by atoms with Crippen LogP contribution in [0.5, 0.6) is 5.75 Å². The molecule has 0 radical (unpaired) electrons. The zero-order valence-electron chi connectivity index (χ0n) is 45.8. The second kappa shape index (κ2) is 15.1. The summed E-state index contributed by atoms with van der Waals surface area (Å²) < 4.78 is 86.3. The average Bonchev–Trinajstić information content (AvgIpc) is 3.66. The first-order chi connectivity index (χ1) is 32.4. The maximum Gasteiger partial charge on any atom is 0.149 e. The van der Waals surface area contributed by atoms with Gasteiger partial charge in [0, 0.05) is 36.8 Å². The van der Waals surface area contributed by atoms with E-state index in [0.717, 1.165) is 33.4 Å². The molecule has 8 rings (SSSR count). The number of aromatic nitrogens is 3. The van der Waals surface area contributed by atoms with E-state index < -0.39 is 48.9 Å². The van der Waals surface area contributed by atoms with Crippen LogP contribution < -0.4 is 0 Å². The molecule has 1 N–H and O–H groups in total. The summed E-state index contributed by atoms with van der Waals surface area (Å²) in [7, 11) is 0. The molecule has 0 saturated heterocycles. The first kappa shape index (κ1) is 29.9. The predicted molar refractivity (Wildman–Crippen MR) is 253 cm³/mol. The quantitative estimate of drug-likeness (QED) is 0.182. The van der Waals surface area contributed by atoms with E-state index in [2.05, 4.69) is 74.4 Å². The van der Waals surface area contributed by atoms with Crippen molar-refractivity contribution in [2.45, 2.75) is 92.3 Å². The van der Waals surface area contributed by atoms with Crippen molar-refractivity contribution in [2.75, 3.05) is 0 Å². The molecule has 0 aliphatic carbocycles. The topological polar surface area (TPSA) is 50.9 Å². The maximum absolute atomic E-state index is 12.5. The monoisotopic (exact) mass is 798 g/mol. The van der Waals surface area contributed by atoms with Gasteiger partial charge in [0.2, 0.25) is 0 Å². The standard InChI is InChI=1S/C56H57N3O/c1-35-20-22-38(23-21-35)39-24-25-57-49(32-39)42-28-41(29-43(30-42)54(3,4)5)46-18-15-19-50-51(46)58-53(47-33-44(55(6,7)8)34-48(52(47)60)56(9,10)11)59(50)45-27-36(2)26-40(31-45)37-16-13-12-14-17-37/h12-34,60H,1-11H3/i1D3,2D3,20D,21D,22D,23D. The Morgan fingerprint density at radius 2 is 1.25 bits per heavy atom. The largest absolute Gasteiger partial charge is 0.507 e. The van der Waals surface area contributed by atoms with E-state index >= 15 is 0 Å². The number of rotatable bonds is 6. The van der Waals surface area contributed by atoms with Crippen LogP contribution in [0.2, 0.25) is 0 Å². The molecule has 0 aliphatic rings. The molecule has 2 heterocycles. The molecule has 0 spiro atoms. The van der Waals surface area contributed by atoms with Crippen molar-refractivity contribution in [1.82, 2.24) is 14.5 Å². The SMILES string of the molecule is [2H]c1c([2H])c(C([2H])([2H])[2H])c([2H])c([2H])c1-c1ccnc(-c2cc(-c3cccc4c3nc(-c3cc(C(C)(C)C)cc(C(C)(C)C)c3O)n4-c3cc(-c4ccccc4)cc(C([2H])([2H])[2H])c3)cc(C(C)(C)C)c2)c1. The Bertz CT molecular complexity index is 3320. The third kappa shape index (κ3) is 7.91. The van der Waals surface area contributed by atoms with Crippen LogP contribution in [0.4, 0.5) is 0 Å². The Balaban J connectivity index is 1.44. The summed E-state index contributed by atoms with van der Waals surface area (Å²) >= 11 is 0. The van der Waals surface area contributed by atoms with Crippen molar-refractivity contribution in [2.24, 2.45) is 0 Å². The van der Waals surface area contributed by atoms with Gasteiger partial charge in [0.1, 0.15) is 11.6 Å². The lowest BCUT2D eigenvalue weighted by molar-refractivity contribution is 0.446. The first-order valence-corrected chi connectivity index (χ1v) is 20.3. The van der Waals surface area contributed by atoms with Crippen LogP contribution in [0, 0.1) is 13.7 Å². The minimum absolute atomic E-state index is 0.0342. The van der Waals surface area contributed by atoms with Crippen molar-refractivity contribution in [1.29, 1.82) is 0 Å². The molecule has 4 nitrogen and oxygen atoms in total. The Morgan fingerprint density at radius 1 is 0.550 bits per heavy atom. The minimum atomic E-state index is -2.84.